The highest BCUT2D eigenvalue weighted by Gasteiger charge is 2.20. The number of carbonyl (C=O) groups is 1. The van der Waals surface area contributed by atoms with Gasteiger partial charge in [-0.3, -0.25) is 0 Å². The first-order chi connectivity index (χ1) is 6.11. The zero-order chi connectivity index (χ0) is 9.84. The van der Waals surface area contributed by atoms with Crippen molar-refractivity contribution in [3.63, 3.8) is 0 Å². The number of carbonyl (C=O) groups excluding carboxylic acids is 1. The number of amides is 2. The Morgan fingerprint density at radius 1 is 1.77 bits per heavy atom. The molecule has 0 bridgehead atoms. The van der Waals surface area contributed by atoms with Crippen LogP contribution in [0.15, 0.2) is 0 Å². The van der Waals surface area contributed by atoms with Crippen molar-refractivity contribution in [3.05, 3.63) is 0 Å². The zero-order valence-corrected chi connectivity index (χ0v) is 8.42. The quantitative estimate of drug-likeness (QED) is 0.673. The third-order valence-electron chi connectivity index (χ3n) is 2.80. The minimum atomic E-state index is -0.342. The molecule has 0 spiro atoms. The summed E-state index contributed by atoms with van der Waals surface area (Å²) in [6, 6.07) is 0.454. The van der Waals surface area contributed by atoms with Gasteiger partial charge in [-0.05, 0) is 32.7 Å². The van der Waals surface area contributed by atoms with E-state index >= 15 is 0 Å². The largest absolute Gasteiger partial charge is 0.351 e. The Balaban J connectivity index is 2.30. The van der Waals surface area contributed by atoms with E-state index in [0.29, 0.717) is 6.04 Å². The highest BCUT2D eigenvalue weighted by Crippen LogP contribution is 2.13. The van der Waals surface area contributed by atoms with Gasteiger partial charge < -0.3 is 16.0 Å². The van der Waals surface area contributed by atoms with Crippen LogP contribution in [0.4, 0.5) is 4.79 Å². The van der Waals surface area contributed by atoms with Crippen LogP contribution in [0, 0.1) is 0 Å². The molecule has 0 aromatic carbocycles. The van der Waals surface area contributed by atoms with Crippen LogP contribution >= 0.6 is 0 Å². The van der Waals surface area contributed by atoms with Gasteiger partial charge in [-0.1, -0.05) is 0 Å². The van der Waals surface area contributed by atoms with Crippen molar-refractivity contribution in [2.75, 3.05) is 13.6 Å². The molecule has 1 fully saturated rings. The van der Waals surface area contributed by atoms with Gasteiger partial charge in [0, 0.05) is 19.1 Å². The van der Waals surface area contributed by atoms with Crippen LogP contribution < -0.4 is 11.1 Å². The maximum absolute atomic E-state index is 10.8. The highest BCUT2D eigenvalue weighted by molar-refractivity contribution is 5.71. The van der Waals surface area contributed by atoms with Gasteiger partial charge in [-0.15, -0.1) is 0 Å². The first-order valence-corrected chi connectivity index (χ1v) is 4.87. The third-order valence-corrected chi connectivity index (χ3v) is 2.80. The SMILES string of the molecule is CC(CC1CCCN1)N(C)C(N)=O. The van der Waals surface area contributed by atoms with Gasteiger partial charge in [-0.25, -0.2) is 4.79 Å². The number of hydrogen-bond acceptors (Lipinski definition) is 2. The molecule has 1 heterocycles. The van der Waals surface area contributed by atoms with Gasteiger partial charge in [0.2, 0.25) is 0 Å². The van der Waals surface area contributed by atoms with E-state index in [2.05, 4.69) is 5.32 Å². The fourth-order valence-corrected chi connectivity index (χ4v) is 1.74. The molecule has 2 unspecified atom stereocenters. The summed E-state index contributed by atoms with van der Waals surface area (Å²) in [5.74, 6) is 0. The molecular weight excluding hydrogens is 166 g/mol. The predicted octanol–water partition coefficient (Wildman–Crippen LogP) is 0.528. The third kappa shape index (κ3) is 2.88. The second-order valence-electron chi connectivity index (χ2n) is 3.83. The summed E-state index contributed by atoms with van der Waals surface area (Å²) in [5.41, 5.74) is 5.18. The molecule has 0 aromatic rings. The molecule has 0 aliphatic carbocycles. The monoisotopic (exact) mass is 185 g/mol. The van der Waals surface area contributed by atoms with Crippen LogP contribution in [0.3, 0.4) is 0 Å². The highest BCUT2D eigenvalue weighted by atomic mass is 16.2. The summed E-state index contributed by atoms with van der Waals surface area (Å²) >= 11 is 0. The zero-order valence-electron chi connectivity index (χ0n) is 8.42. The van der Waals surface area contributed by atoms with Crippen LogP contribution in [0.2, 0.25) is 0 Å². The van der Waals surface area contributed by atoms with Gasteiger partial charge in [0.05, 0.1) is 0 Å². The van der Waals surface area contributed by atoms with E-state index in [9.17, 15) is 4.79 Å². The number of primary amides is 1. The van der Waals surface area contributed by atoms with Crippen molar-refractivity contribution >= 4 is 6.03 Å². The Morgan fingerprint density at radius 2 is 2.46 bits per heavy atom. The standard InChI is InChI=1S/C9H19N3O/c1-7(12(2)9(10)13)6-8-4-3-5-11-8/h7-8,11H,3-6H2,1-2H3,(H2,10,13). The molecule has 2 atom stereocenters. The molecule has 4 heteroatoms. The molecule has 0 radical (unpaired) electrons. The Kier molecular flexibility index (Phi) is 3.54. The smallest absolute Gasteiger partial charge is 0.314 e. The van der Waals surface area contributed by atoms with Gasteiger partial charge in [-0.2, -0.15) is 0 Å². The summed E-state index contributed by atoms with van der Waals surface area (Å²) < 4.78 is 0. The van der Waals surface area contributed by atoms with Crippen molar-refractivity contribution in [2.24, 2.45) is 5.73 Å². The predicted molar refractivity (Wildman–Crippen MR) is 52.5 cm³/mol. The van der Waals surface area contributed by atoms with Gasteiger partial charge in [0.1, 0.15) is 0 Å². The van der Waals surface area contributed by atoms with Crippen molar-refractivity contribution in [3.8, 4) is 0 Å². The summed E-state index contributed by atoms with van der Waals surface area (Å²) in [7, 11) is 1.75. The van der Waals surface area contributed by atoms with Crippen LogP contribution in [0.25, 0.3) is 0 Å². The number of rotatable bonds is 3. The molecule has 1 saturated heterocycles. The van der Waals surface area contributed by atoms with Crippen molar-refractivity contribution in [1.29, 1.82) is 0 Å². The van der Waals surface area contributed by atoms with Crippen molar-refractivity contribution in [2.45, 2.75) is 38.3 Å². The number of nitrogens with zero attached hydrogens (tertiary/aromatic N) is 1. The molecular formula is C9H19N3O. The maximum atomic E-state index is 10.8. The average molecular weight is 185 g/mol. The van der Waals surface area contributed by atoms with E-state index < -0.39 is 0 Å². The normalized spacial score (nSPS) is 24.3. The minimum absolute atomic E-state index is 0.230. The molecule has 13 heavy (non-hydrogen) atoms. The molecule has 1 aliphatic heterocycles. The van der Waals surface area contributed by atoms with Gasteiger partial charge in [0.25, 0.3) is 0 Å². The van der Waals surface area contributed by atoms with Crippen molar-refractivity contribution < 1.29 is 4.79 Å². The lowest BCUT2D eigenvalue weighted by Gasteiger charge is -2.25. The van der Waals surface area contributed by atoms with E-state index in [1.807, 2.05) is 6.92 Å². The Labute approximate surface area is 79.5 Å². The second kappa shape index (κ2) is 4.46. The fourth-order valence-electron chi connectivity index (χ4n) is 1.74. The van der Waals surface area contributed by atoms with E-state index in [-0.39, 0.29) is 12.1 Å². The minimum Gasteiger partial charge on any atom is -0.351 e. The number of urea groups is 1. The van der Waals surface area contributed by atoms with E-state index in [1.54, 1.807) is 11.9 Å². The molecule has 0 aromatic heterocycles. The van der Waals surface area contributed by atoms with Crippen LogP contribution in [-0.4, -0.2) is 36.6 Å². The molecule has 4 nitrogen and oxygen atoms in total. The van der Waals surface area contributed by atoms with Crippen LogP contribution in [0.5, 0.6) is 0 Å². The summed E-state index contributed by atoms with van der Waals surface area (Å²) in [5, 5.41) is 3.40. The first-order valence-electron chi connectivity index (χ1n) is 4.87. The molecule has 76 valence electrons. The fraction of sp³-hybridized carbons (Fsp3) is 0.889. The van der Waals surface area contributed by atoms with Crippen LogP contribution in [0.1, 0.15) is 26.2 Å². The number of hydrogen-bond donors (Lipinski definition) is 2. The lowest BCUT2D eigenvalue weighted by molar-refractivity contribution is 0.197. The molecule has 2 amide bonds. The molecule has 3 N–H and O–H groups in total. The van der Waals surface area contributed by atoms with Gasteiger partial charge >= 0.3 is 6.03 Å². The molecule has 0 saturated carbocycles. The lowest BCUT2D eigenvalue weighted by atomic mass is 10.1. The topological polar surface area (TPSA) is 58.4 Å². The summed E-state index contributed by atoms with van der Waals surface area (Å²) in [6.07, 6.45) is 3.47. The Hall–Kier alpha value is -0.770. The second-order valence-corrected chi connectivity index (χ2v) is 3.83. The van der Waals surface area contributed by atoms with E-state index in [0.717, 1.165) is 13.0 Å². The number of nitrogens with one attached hydrogen (secondary N) is 1. The van der Waals surface area contributed by atoms with Crippen molar-refractivity contribution in [1.82, 2.24) is 10.2 Å². The number of nitrogens with two attached hydrogens (primary N) is 1. The maximum Gasteiger partial charge on any atom is 0.314 e. The summed E-state index contributed by atoms with van der Waals surface area (Å²) in [4.78, 5) is 12.4. The first kappa shape index (κ1) is 10.3. The average Bonchev–Trinajstić information content (AvgIpc) is 2.55. The Bertz CT molecular complexity index is 178. The van der Waals surface area contributed by atoms with Crippen LogP contribution in [-0.2, 0) is 0 Å². The van der Waals surface area contributed by atoms with E-state index in [1.165, 1.54) is 12.8 Å². The molecule has 1 rings (SSSR count). The Morgan fingerprint density at radius 3 is 2.92 bits per heavy atom. The van der Waals surface area contributed by atoms with E-state index in [4.69, 9.17) is 5.73 Å². The molecule has 1 aliphatic rings. The summed E-state index contributed by atoms with van der Waals surface area (Å²) in [6.45, 7) is 3.14. The lowest BCUT2D eigenvalue weighted by Crippen LogP contribution is -2.41. The van der Waals surface area contributed by atoms with Gasteiger partial charge in [0.15, 0.2) is 0 Å².